The van der Waals surface area contributed by atoms with E-state index >= 15 is 0 Å². The first-order chi connectivity index (χ1) is 7.18. The van der Waals surface area contributed by atoms with Crippen LogP contribution in [0, 0.1) is 11.2 Å². The third-order valence-electron chi connectivity index (χ3n) is 1.63. The summed E-state index contributed by atoms with van der Waals surface area (Å²) in [4.78, 5) is 0. The molecule has 1 rings (SSSR count). The van der Waals surface area contributed by atoms with Crippen molar-refractivity contribution in [2.75, 3.05) is 12.4 Å². The number of nitrogens with two attached hydrogens (primary N) is 1. The van der Waals surface area contributed by atoms with Gasteiger partial charge in [0.2, 0.25) is 0 Å². The van der Waals surface area contributed by atoms with E-state index in [2.05, 4.69) is 0 Å². The molecule has 0 heterocycles. The monoisotopic (exact) mass is 228 g/mol. The van der Waals surface area contributed by atoms with Gasteiger partial charge in [-0.05, 0) is 30.7 Å². The van der Waals surface area contributed by atoms with Crippen molar-refractivity contribution in [2.24, 2.45) is 5.73 Å². The highest BCUT2D eigenvalue weighted by atomic mass is 32.2. The van der Waals surface area contributed by atoms with E-state index in [0.717, 1.165) is 12.2 Å². The van der Waals surface area contributed by atoms with Gasteiger partial charge in [-0.3, -0.25) is 5.41 Å². The molecule has 82 valence electrons. The molecule has 0 fully saturated rings. The maximum atomic E-state index is 12.5. The molecule has 3 nitrogen and oxygen atoms in total. The summed E-state index contributed by atoms with van der Waals surface area (Å²) in [6.45, 7) is 0.548. The molecular weight excluding hydrogens is 215 g/mol. The molecule has 0 bridgehead atoms. The summed E-state index contributed by atoms with van der Waals surface area (Å²) in [6, 6.07) is 5.90. The number of benzene rings is 1. The quantitative estimate of drug-likeness (QED) is 0.461. The third kappa shape index (κ3) is 5.27. The molecule has 1 aromatic rings. The summed E-state index contributed by atoms with van der Waals surface area (Å²) in [5.41, 5.74) is 5.17. The molecule has 0 aliphatic heterocycles. The van der Waals surface area contributed by atoms with Gasteiger partial charge in [-0.2, -0.15) is 0 Å². The van der Waals surface area contributed by atoms with Crippen LogP contribution >= 0.6 is 11.8 Å². The highest BCUT2D eigenvalue weighted by Gasteiger charge is 1.95. The molecule has 0 spiro atoms. The standard InChI is InChI=1S/C10H13FN2OS/c11-8-2-4-9(5-3-8)14-6-1-7-15-10(12)13/h2-5H,1,6-7H2,(H3,12,13). The zero-order valence-electron chi connectivity index (χ0n) is 8.20. The van der Waals surface area contributed by atoms with Gasteiger partial charge in [0, 0.05) is 5.75 Å². The van der Waals surface area contributed by atoms with Gasteiger partial charge >= 0.3 is 0 Å². The van der Waals surface area contributed by atoms with Gasteiger partial charge < -0.3 is 10.5 Å². The maximum absolute atomic E-state index is 12.5. The Balaban J connectivity index is 2.15. The van der Waals surface area contributed by atoms with Crippen molar-refractivity contribution in [1.29, 1.82) is 5.41 Å². The van der Waals surface area contributed by atoms with Crippen LogP contribution in [0.3, 0.4) is 0 Å². The molecule has 0 aromatic heterocycles. The Morgan fingerprint density at radius 2 is 2.07 bits per heavy atom. The van der Waals surface area contributed by atoms with Gasteiger partial charge in [0.25, 0.3) is 0 Å². The number of nitrogens with one attached hydrogen (secondary N) is 1. The van der Waals surface area contributed by atoms with Crippen LogP contribution in [0.2, 0.25) is 0 Å². The first kappa shape index (κ1) is 11.8. The van der Waals surface area contributed by atoms with Crippen LogP contribution < -0.4 is 10.5 Å². The van der Waals surface area contributed by atoms with E-state index in [4.69, 9.17) is 15.9 Å². The van der Waals surface area contributed by atoms with E-state index in [9.17, 15) is 4.39 Å². The first-order valence-electron chi connectivity index (χ1n) is 4.53. The van der Waals surface area contributed by atoms with Gasteiger partial charge in [0.15, 0.2) is 5.17 Å². The molecule has 0 unspecified atom stereocenters. The molecule has 0 saturated heterocycles. The molecule has 0 atom stereocenters. The van der Waals surface area contributed by atoms with Crippen LogP contribution in [0.1, 0.15) is 6.42 Å². The van der Waals surface area contributed by atoms with Crippen LogP contribution in [-0.4, -0.2) is 17.5 Å². The van der Waals surface area contributed by atoms with Crippen molar-refractivity contribution >= 4 is 16.9 Å². The van der Waals surface area contributed by atoms with Crippen molar-refractivity contribution in [3.8, 4) is 5.75 Å². The lowest BCUT2D eigenvalue weighted by atomic mass is 10.3. The summed E-state index contributed by atoms with van der Waals surface area (Å²) >= 11 is 1.29. The third-order valence-corrected chi connectivity index (χ3v) is 2.43. The lowest BCUT2D eigenvalue weighted by Crippen LogP contribution is -2.06. The van der Waals surface area contributed by atoms with Crippen molar-refractivity contribution < 1.29 is 9.13 Å². The van der Waals surface area contributed by atoms with E-state index < -0.39 is 0 Å². The molecule has 0 amide bonds. The number of thioether (sulfide) groups is 1. The zero-order chi connectivity index (χ0) is 11.1. The predicted molar refractivity (Wildman–Crippen MR) is 60.9 cm³/mol. The van der Waals surface area contributed by atoms with E-state index in [1.54, 1.807) is 12.1 Å². The summed E-state index contributed by atoms with van der Waals surface area (Å²) in [5, 5.41) is 7.10. The van der Waals surface area contributed by atoms with E-state index in [-0.39, 0.29) is 11.0 Å². The smallest absolute Gasteiger partial charge is 0.151 e. The van der Waals surface area contributed by atoms with Crippen molar-refractivity contribution in [3.05, 3.63) is 30.1 Å². The fourth-order valence-electron chi connectivity index (χ4n) is 0.962. The molecule has 1 aromatic carbocycles. The van der Waals surface area contributed by atoms with E-state index in [1.807, 2.05) is 0 Å². The Morgan fingerprint density at radius 1 is 1.40 bits per heavy atom. The van der Waals surface area contributed by atoms with Gasteiger partial charge in [-0.25, -0.2) is 4.39 Å². The first-order valence-corrected chi connectivity index (χ1v) is 5.52. The molecule has 15 heavy (non-hydrogen) atoms. The predicted octanol–water partition coefficient (Wildman–Crippen LogP) is 2.22. The minimum atomic E-state index is -0.269. The van der Waals surface area contributed by atoms with Crippen LogP contribution in [0.4, 0.5) is 4.39 Å². The summed E-state index contributed by atoms with van der Waals surface area (Å²) < 4.78 is 17.9. The average molecular weight is 228 g/mol. The average Bonchev–Trinajstić information content (AvgIpc) is 2.20. The largest absolute Gasteiger partial charge is 0.494 e. The summed E-state index contributed by atoms with van der Waals surface area (Å²) in [7, 11) is 0. The van der Waals surface area contributed by atoms with Gasteiger partial charge in [0.05, 0.1) is 6.61 Å². The molecule has 0 aliphatic rings. The topological polar surface area (TPSA) is 59.1 Å². The Morgan fingerprint density at radius 3 is 2.67 bits per heavy atom. The van der Waals surface area contributed by atoms with Gasteiger partial charge in [0.1, 0.15) is 11.6 Å². The van der Waals surface area contributed by atoms with Crippen LogP contribution in [0.25, 0.3) is 0 Å². The number of amidine groups is 1. The fraction of sp³-hybridized carbons (Fsp3) is 0.300. The summed E-state index contributed by atoms with van der Waals surface area (Å²) in [5.74, 6) is 1.15. The maximum Gasteiger partial charge on any atom is 0.151 e. The fourth-order valence-corrected chi connectivity index (χ4v) is 1.44. The highest BCUT2D eigenvalue weighted by molar-refractivity contribution is 8.13. The second-order valence-electron chi connectivity index (χ2n) is 2.87. The molecule has 0 saturated carbocycles. The minimum Gasteiger partial charge on any atom is -0.494 e. The number of hydrogen-bond acceptors (Lipinski definition) is 3. The second-order valence-corrected chi connectivity index (χ2v) is 4.01. The SMILES string of the molecule is N=C(N)SCCCOc1ccc(F)cc1. The van der Waals surface area contributed by atoms with Gasteiger partial charge in [-0.1, -0.05) is 11.8 Å². The van der Waals surface area contributed by atoms with Crippen molar-refractivity contribution in [1.82, 2.24) is 0 Å². The number of rotatable bonds is 5. The Hall–Kier alpha value is -1.23. The number of ether oxygens (including phenoxy) is 1. The molecule has 3 N–H and O–H groups in total. The second kappa shape index (κ2) is 6.29. The van der Waals surface area contributed by atoms with Crippen molar-refractivity contribution in [3.63, 3.8) is 0 Å². The van der Waals surface area contributed by atoms with Gasteiger partial charge in [-0.15, -0.1) is 0 Å². The molecule has 0 radical (unpaired) electrons. The molecule has 5 heteroatoms. The number of halogens is 1. The lowest BCUT2D eigenvalue weighted by molar-refractivity contribution is 0.318. The Bertz CT molecular complexity index is 316. The number of hydrogen-bond donors (Lipinski definition) is 2. The molecule has 0 aliphatic carbocycles. The highest BCUT2D eigenvalue weighted by Crippen LogP contribution is 2.11. The van der Waals surface area contributed by atoms with E-state index in [0.29, 0.717) is 12.4 Å². The minimum absolute atomic E-state index is 0.122. The Labute approximate surface area is 92.3 Å². The zero-order valence-corrected chi connectivity index (χ0v) is 9.02. The van der Waals surface area contributed by atoms with Crippen LogP contribution in [0.5, 0.6) is 5.75 Å². The van der Waals surface area contributed by atoms with Crippen LogP contribution in [0.15, 0.2) is 24.3 Å². The Kier molecular flexibility index (Phi) is 4.97. The summed E-state index contributed by atoms with van der Waals surface area (Å²) in [6.07, 6.45) is 0.807. The van der Waals surface area contributed by atoms with Crippen molar-refractivity contribution in [2.45, 2.75) is 6.42 Å². The lowest BCUT2D eigenvalue weighted by Gasteiger charge is -2.05. The molecular formula is C10H13FN2OS. The normalized spacial score (nSPS) is 9.93. The van der Waals surface area contributed by atoms with E-state index in [1.165, 1.54) is 23.9 Å². The van der Waals surface area contributed by atoms with Crippen LogP contribution in [-0.2, 0) is 0 Å².